The molecule has 8 rings (SSSR count). The third-order valence-corrected chi connectivity index (χ3v) is 9.97. The normalized spacial score (nSPS) is 21.5. The molecule has 13 heteroatoms. The maximum Gasteiger partial charge on any atom is 0.355 e. The van der Waals surface area contributed by atoms with Crippen LogP contribution in [0, 0.1) is 5.82 Å². The Kier molecular flexibility index (Phi) is 6.64. The van der Waals surface area contributed by atoms with E-state index in [9.17, 15) is 9.59 Å². The highest BCUT2D eigenvalue weighted by Crippen LogP contribution is 2.47. The lowest BCUT2D eigenvalue weighted by Crippen LogP contribution is -2.63. The predicted octanol–water partition coefficient (Wildman–Crippen LogP) is 4.59. The molecule has 3 N–H and O–H groups in total. The third-order valence-electron chi connectivity index (χ3n) is 9.97. The van der Waals surface area contributed by atoms with Gasteiger partial charge in [0.15, 0.2) is 11.5 Å². The molecule has 0 unspecified atom stereocenters. The van der Waals surface area contributed by atoms with Crippen molar-refractivity contribution in [2.45, 2.75) is 76.4 Å². The summed E-state index contributed by atoms with van der Waals surface area (Å²) in [7, 11) is 0. The minimum absolute atomic E-state index is 0.0375. The van der Waals surface area contributed by atoms with Crippen LogP contribution in [-0.2, 0) is 4.79 Å². The average molecular weight is 635 g/mol. The summed E-state index contributed by atoms with van der Waals surface area (Å²) in [4.78, 5) is 50.0. The molecule has 0 spiro atoms. The number of nitrogens with zero attached hydrogens (tertiary/aromatic N) is 8. The molecule has 1 aliphatic heterocycles. The van der Waals surface area contributed by atoms with Crippen molar-refractivity contribution in [3.05, 3.63) is 70.9 Å². The molecule has 1 amide bonds. The molecule has 1 saturated heterocycles. The van der Waals surface area contributed by atoms with E-state index in [0.29, 0.717) is 39.9 Å². The smallest absolute Gasteiger partial charge is 0.355 e. The molecule has 3 fully saturated rings. The van der Waals surface area contributed by atoms with Gasteiger partial charge in [0.05, 0.1) is 33.4 Å². The zero-order valence-corrected chi connectivity index (χ0v) is 26.4. The summed E-state index contributed by atoms with van der Waals surface area (Å²) in [6, 6.07) is 6.02. The van der Waals surface area contributed by atoms with E-state index in [0.717, 1.165) is 37.1 Å². The number of nitrogens with one attached hydrogen (secondary N) is 1. The Bertz CT molecular complexity index is 2140. The highest BCUT2D eigenvalue weighted by Gasteiger charge is 2.40. The van der Waals surface area contributed by atoms with Crippen molar-refractivity contribution >= 4 is 39.5 Å². The number of anilines is 2. The van der Waals surface area contributed by atoms with Crippen LogP contribution < -0.4 is 16.3 Å². The van der Waals surface area contributed by atoms with E-state index in [4.69, 9.17) is 10.7 Å². The van der Waals surface area contributed by atoms with E-state index < -0.39 is 11.5 Å². The number of carbonyl (C=O) groups is 1. The fraction of sp³-hybridized carbons (Fsp3) is 0.382. The largest absolute Gasteiger partial charge is 0.382 e. The van der Waals surface area contributed by atoms with Gasteiger partial charge < -0.3 is 15.5 Å². The molecule has 47 heavy (non-hydrogen) atoms. The number of rotatable bonds is 6. The van der Waals surface area contributed by atoms with Crippen LogP contribution in [0.25, 0.3) is 38.9 Å². The molecule has 2 saturated carbocycles. The van der Waals surface area contributed by atoms with Crippen LogP contribution in [0.2, 0.25) is 0 Å². The molecular formula is C34H35FN10O2. The van der Waals surface area contributed by atoms with Crippen molar-refractivity contribution in [1.82, 2.24) is 39.6 Å². The van der Waals surface area contributed by atoms with Crippen molar-refractivity contribution in [3.8, 4) is 16.9 Å². The SMILES string of the molecule is C=CC(=O)N1[C@H](C)CN(c2nc(=O)n(-c3c(C4CC4)ncnc3C3CC3)c3nc(-c4cccc5[nH]nc(N)c45)c(F)cc23)[C@@H](C)[C@@H]1C. The number of H-pyrrole nitrogens is 1. The predicted molar refractivity (Wildman–Crippen MR) is 177 cm³/mol. The number of amides is 1. The number of pyridine rings is 1. The van der Waals surface area contributed by atoms with E-state index in [1.165, 1.54) is 16.7 Å². The Morgan fingerprint density at radius 3 is 2.43 bits per heavy atom. The molecule has 0 bridgehead atoms. The van der Waals surface area contributed by atoms with Gasteiger partial charge in [-0.15, -0.1) is 0 Å². The fourth-order valence-corrected chi connectivity index (χ4v) is 7.19. The lowest BCUT2D eigenvalue weighted by molar-refractivity contribution is -0.131. The summed E-state index contributed by atoms with van der Waals surface area (Å²) in [5.41, 5.74) is 9.26. The number of halogens is 1. The Hall–Kier alpha value is -5.20. The number of benzene rings is 1. The minimum atomic E-state index is -0.595. The standard InChI is InChI=1S/C34H35FN10O2/c1-5-25(46)44-16(2)14-43(17(3)18(44)4)32-22-13-23(35)29(21-7-6-8-24-26(21)31(36)42-41-24)39-33(22)45(34(47)40-32)30-27(19-9-10-19)37-15-38-28(30)20-11-12-20/h5-8,13,15-20H,1,9-12,14H2,2-4H3,(H3,36,41,42)/t16-,17+,18+/m1/s1. The highest BCUT2D eigenvalue weighted by atomic mass is 19.1. The number of piperazine rings is 1. The first-order valence-electron chi connectivity index (χ1n) is 16.1. The van der Waals surface area contributed by atoms with Crippen molar-refractivity contribution < 1.29 is 9.18 Å². The topological polar surface area (TPSA) is 152 Å². The Morgan fingerprint density at radius 2 is 1.77 bits per heavy atom. The average Bonchev–Trinajstić information content (AvgIpc) is 4.00. The molecule has 1 aromatic carbocycles. The second kappa shape index (κ2) is 10.7. The quantitative estimate of drug-likeness (QED) is 0.256. The number of hydrogen-bond donors (Lipinski definition) is 2. The molecule has 3 atom stereocenters. The van der Waals surface area contributed by atoms with Crippen molar-refractivity contribution in [3.63, 3.8) is 0 Å². The summed E-state index contributed by atoms with van der Waals surface area (Å²) in [6.45, 7) is 9.92. The van der Waals surface area contributed by atoms with E-state index in [1.54, 1.807) is 23.4 Å². The number of nitrogens with two attached hydrogens (primary N) is 1. The van der Waals surface area contributed by atoms with Crippen LogP contribution >= 0.6 is 0 Å². The van der Waals surface area contributed by atoms with Crippen LogP contribution in [0.15, 0.2) is 48.0 Å². The molecule has 5 heterocycles. The lowest BCUT2D eigenvalue weighted by Gasteiger charge is -2.49. The first-order valence-corrected chi connectivity index (χ1v) is 16.1. The van der Waals surface area contributed by atoms with Gasteiger partial charge in [-0.3, -0.25) is 9.89 Å². The number of fused-ring (bicyclic) bond motifs is 2. The number of aromatic nitrogens is 7. The van der Waals surface area contributed by atoms with Gasteiger partial charge in [-0.05, 0) is 64.7 Å². The summed E-state index contributed by atoms with van der Waals surface area (Å²) in [5.74, 6) is 0.167. The zero-order valence-electron chi connectivity index (χ0n) is 26.4. The fourth-order valence-electron chi connectivity index (χ4n) is 7.19. The molecule has 5 aromatic rings. The molecule has 2 aliphatic carbocycles. The van der Waals surface area contributed by atoms with Crippen LogP contribution in [0.4, 0.5) is 16.0 Å². The van der Waals surface area contributed by atoms with Crippen LogP contribution in [-0.4, -0.2) is 70.2 Å². The molecule has 0 radical (unpaired) electrons. The summed E-state index contributed by atoms with van der Waals surface area (Å²) >= 11 is 0. The summed E-state index contributed by atoms with van der Waals surface area (Å²) in [5, 5.41) is 7.94. The van der Waals surface area contributed by atoms with E-state index in [1.807, 2.05) is 31.7 Å². The minimum Gasteiger partial charge on any atom is -0.382 e. The van der Waals surface area contributed by atoms with Crippen molar-refractivity contribution in [2.75, 3.05) is 17.2 Å². The van der Waals surface area contributed by atoms with E-state index >= 15 is 4.39 Å². The van der Waals surface area contributed by atoms with Gasteiger partial charge in [0.2, 0.25) is 5.91 Å². The van der Waals surface area contributed by atoms with Gasteiger partial charge in [0, 0.05) is 42.1 Å². The number of aromatic amines is 1. The second-order valence-corrected chi connectivity index (χ2v) is 13.1. The van der Waals surface area contributed by atoms with Gasteiger partial charge in [0.25, 0.3) is 0 Å². The zero-order chi connectivity index (χ0) is 32.7. The number of hydrogen-bond acceptors (Lipinski definition) is 9. The second-order valence-electron chi connectivity index (χ2n) is 13.1. The van der Waals surface area contributed by atoms with E-state index in [-0.39, 0.29) is 53.0 Å². The monoisotopic (exact) mass is 634 g/mol. The van der Waals surface area contributed by atoms with Gasteiger partial charge in [-0.25, -0.2) is 28.7 Å². The Morgan fingerprint density at radius 1 is 1.06 bits per heavy atom. The van der Waals surface area contributed by atoms with Gasteiger partial charge in [-0.1, -0.05) is 18.7 Å². The number of carbonyl (C=O) groups excluding carboxylic acids is 1. The molecule has 240 valence electrons. The molecule has 12 nitrogen and oxygen atoms in total. The van der Waals surface area contributed by atoms with Crippen molar-refractivity contribution in [2.24, 2.45) is 0 Å². The van der Waals surface area contributed by atoms with E-state index in [2.05, 4.69) is 31.7 Å². The Balaban J connectivity index is 1.42. The van der Waals surface area contributed by atoms with Crippen molar-refractivity contribution in [1.29, 1.82) is 0 Å². The summed E-state index contributed by atoms with van der Waals surface area (Å²) < 4.78 is 18.0. The van der Waals surface area contributed by atoms with Crippen LogP contribution in [0.5, 0.6) is 0 Å². The summed E-state index contributed by atoms with van der Waals surface area (Å²) in [6.07, 6.45) is 6.74. The molecule has 4 aromatic heterocycles. The van der Waals surface area contributed by atoms with Crippen LogP contribution in [0.1, 0.15) is 69.7 Å². The van der Waals surface area contributed by atoms with Crippen LogP contribution in [0.3, 0.4) is 0 Å². The first kappa shape index (κ1) is 29.2. The van der Waals surface area contributed by atoms with Gasteiger partial charge in [0.1, 0.15) is 23.7 Å². The third kappa shape index (κ3) is 4.58. The maximum atomic E-state index is 16.5. The maximum absolute atomic E-state index is 16.5. The highest BCUT2D eigenvalue weighted by molar-refractivity contribution is 6.02. The first-order chi connectivity index (χ1) is 22.7. The van der Waals surface area contributed by atoms with Gasteiger partial charge >= 0.3 is 5.69 Å². The molecular weight excluding hydrogens is 599 g/mol. The lowest BCUT2D eigenvalue weighted by atomic mass is 9.99. The number of nitrogen functional groups attached to an aromatic ring is 1. The molecule has 3 aliphatic rings. The van der Waals surface area contributed by atoms with Gasteiger partial charge in [-0.2, -0.15) is 10.1 Å². The Labute approximate surface area is 269 Å².